The van der Waals surface area contributed by atoms with Crippen LogP contribution in [0.1, 0.15) is 12.5 Å². The Morgan fingerprint density at radius 3 is 2.48 bits per heavy atom. The Kier molecular flexibility index (Phi) is 5.04. The van der Waals surface area contributed by atoms with Crippen molar-refractivity contribution in [2.45, 2.75) is 13.5 Å². The van der Waals surface area contributed by atoms with Gasteiger partial charge in [0, 0.05) is 6.08 Å². The summed E-state index contributed by atoms with van der Waals surface area (Å²) in [5, 5.41) is 0. The van der Waals surface area contributed by atoms with Gasteiger partial charge in [0.1, 0.15) is 4.49 Å². The smallest absolute Gasteiger partial charge is 0.340 e. The number of halogens is 2. The molecule has 1 aliphatic heterocycles. The van der Waals surface area contributed by atoms with E-state index in [1.54, 1.807) is 6.92 Å². The summed E-state index contributed by atoms with van der Waals surface area (Å²) < 4.78 is 4.77. The van der Waals surface area contributed by atoms with Crippen molar-refractivity contribution in [3.05, 3.63) is 57.7 Å². The molecule has 110 valence electrons. The minimum Gasteiger partial charge on any atom is -0.462 e. The molecule has 4 nitrogen and oxygen atoms in total. The molecule has 0 unspecified atom stereocenters. The van der Waals surface area contributed by atoms with Gasteiger partial charge in [-0.05, 0) is 12.5 Å². The number of ether oxygens (including phenoxy) is 1. The van der Waals surface area contributed by atoms with Crippen LogP contribution in [-0.2, 0) is 20.9 Å². The van der Waals surface area contributed by atoms with Crippen molar-refractivity contribution in [1.29, 1.82) is 0 Å². The summed E-state index contributed by atoms with van der Waals surface area (Å²) in [6.45, 7) is 2.16. The molecule has 0 bridgehead atoms. The van der Waals surface area contributed by atoms with Crippen LogP contribution >= 0.6 is 23.2 Å². The maximum absolute atomic E-state index is 12.1. The third-order valence-electron chi connectivity index (χ3n) is 2.92. The van der Waals surface area contributed by atoms with E-state index in [4.69, 9.17) is 27.9 Å². The van der Waals surface area contributed by atoms with Gasteiger partial charge in [0.05, 0.1) is 24.4 Å². The second-order valence-corrected chi connectivity index (χ2v) is 5.25. The van der Waals surface area contributed by atoms with Gasteiger partial charge >= 0.3 is 5.97 Å². The lowest BCUT2D eigenvalue weighted by atomic mass is 10.2. The second kappa shape index (κ2) is 6.78. The van der Waals surface area contributed by atoms with Crippen LogP contribution in [0.25, 0.3) is 0 Å². The normalized spacial score (nSPS) is 14.2. The average molecular weight is 326 g/mol. The molecule has 0 aromatic heterocycles. The van der Waals surface area contributed by atoms with Crippen LogP contribution in [0.5, 0.6) is 0 Å². The highest BCUT2D eigenvalue weighted by atomic mass is 35.5. The number of benzene rings is 1. The Morgan fingerprint density at radius 1 is 1.24 bits per heavy atom. The molecule has 1 amide bonds. The van der Waals surface area contributed by atoms with Gasteiger partial charge < -0.3 is 9.64 Å². The van der Waals surface area contributed by atoms with E-state index in [0.717, 1.165) is 5.56 Å². The summed E-state index contributed by atoms with van der Waals surface area (Å²) in [6.07, 6.45) is 1.20. The first kappa shape index (κ1) is 15.6. The third-order valence-corrected chi connectivity index (χ3v) is 3.27. The first-order valence-corrected chi connectivity index (χ1v) is 7.10. The molecule has 1 aliphatic rings. The molecule has 0 saturated carbocycles. The first-order valence-electron chi connectivity index (χ1n) is 6.34. The van der Waals surface area contributed by atoms with Gasteiger partial charge in [-0.3, -0.25) is 4.79 Å². The van der Waals surface area contributed by atoms with Gasteiger partial charge in [0.25, 0.3) is 5.91 Å². The minimum absolute atomic E-state index is 0.0813. The lowest BCUT2D eigenvalue weighted by Gasteiger charge is -2.19. The van der Waals surface area contributed by atoms with Crippen molar-refractivity contribution in [2.24, 2.45) is 0 Å². The van der Waals surface area contributed by atoms with Crippen LogP contribution in [0.4, 0.5) is 0 Å². The fraction of sp³-hybridized carbons (Fsp3) is 0.200. The Morgan fingerprint density at radius 2 is 1.90 bits per heavy atom. The zero-order valence-electron chi connectivity index (χ0n) is 11.3. The van der Waals surface area contributed by atoms with E-state index in [9.17, 15) is 9.59 Å². The van der Waals surface area contributed by atoms with Gasteiger partial charge in [-0.25, -0.2) is 4.79 Å². The van der Waals surface area contributed by atoms with E-state index in [1.807, 2.05) is 30.3 Å². The number of hydrogen-bond acceptors (Lipinski definition) is 3. The van der Waals surface area contributed by atoms with E-state index < -0.39 is 5.97 Å². The fourth-order valence-corrected chi connectivity index (χ4v) is 2.42. The quantitative estimate of drug-likeness (QED) is 0.799. The van der Waals surface area contributed by atoms with Gasteiger partial charge in [0.2, 0.25) is 0 Å². The molecule has 0 saturated heterocycles. The van der Waals surface area contributed by atoms with E-state index in [2.05, 4.69) is 0 Å². The van der Waals surface area contributed by atoms with Crippen LogP contribution in [0, 0.1) is 0 Å². The predicted octanol–water partition coefficient (Wildman–Crippen LogP) is 3.17. The number of carbonyl (C=O) groups excluding carboxylic acids is 2. The summed E-state index contributed by atoms with van der Waals surface area (Å²) in [5.41, 5.74) is 1.17. The van der Waals surface area contributed by atoms with E-state index in [0.29, 0.717) is 0 Å². The molecule has 1 aromatic rings. The summed E-state index contributed by atoms with van der Waals surface area (Å²) >= 11 is 11.7. The zero-order chi connectivity index (χ0) is 15.4. The third kappa shape index (κ3) is 3.46. The maximum Gasteiger partial charge on any atom is 0.340 e. The summed E-state index contributed by atoms with van der Waals surface area (Å²) in [4.78, 5) is 25.3. The first-order chi connectivity index (χ1) is 10.0. The number of amides is 1. The van der Waals surface area contributed by atoms with Gasteiger partial charge in [0.15, 0.2) is 0 Å². The molecule has 0 radical (unpaired) electrons. The minimum atomic E-state index is -0.616. The highest BCUT2D eigenvalue weighted by Gasteiger charge is 2.34. The Hall–Kier alpha value is -1.78. The second-order valence-electron chi connectivity index (χ2n) is 4.30. The predicted molar refractivity (Wildman–Crippen MR) is 80.4 cm³/mol. The molecule has 0 aliphatic carbocycles. The zero-order valence-corrected chi connectivity index (χ0v) is 12.8. The lowest BCUT2D eigenvalue weighted by Crippen LogP contribution is -2.25. The van der Waals surface area contributed by atoms with E-state index in [1.165, 1.54) is 11.0 Å². The average Bonchev–Trinajstić information content (AvgIpc) is 2.78. The topological polar surface area (TPSA) is 46.6 Å². The molecular weight excluding hydrogens is 313 g/mol. The molecule has 1 aromatic carbocycles. The van der Waals surface area contributed by atoms with Crippen LogP contribution in [0.2, 0.25) is 0 Å². The fourth-order valence-electron chi connectivity index (χ4n) is 2.02. The Labute approximate surface area is 132 Å². The van der Waals surface area contributed by atoms with Gasteiger partial charge in [-0.1, -0.05) is 53.5 Å². The van der Waals surface area contributed by atoms with Gasteiger partial charge in [-0.2, -0.15) is 0 Å². The van der Waals surface area contributed by atoms with Crippen molar-refractivity contribution in [3.8, 4) is 0 Å². The van der Waals surface area contributed by atoms with Crippen molar-refractivity contribution < 1.29 is 14.3 Å². The number of rotatable bonds is 4. The standard InChI is InChI=1S/C15H13Cl2NO3/c1-2-21-15(20)11-8-12(19)18(13(11)14(16)17)9-10-6-4-3-5-7-10/h3-8H,2,9H2,1H3. The largest absolute Gasteiger partial charge is 0.462 e. The van der Waals surface area contributed by atoms with Gasteiger partial charge in [-0.15, -0.1) is 0 Å². The SMILES string of the molecule is CCOC(=O)C1=CC(=O)N(Cc2ccccc2)C1=C(Cl)Cl. The van der Waals surface area contributed by atoms with Crippen molar-refractivity contribution >= 4 is 35.1 Å². The molecule has 0 N–H and O–H groups in total. The summed E-state index contributed by atoms with van der Waals surface area (Å²) in [6, 6.07) is 9.34. The molecular formula is C15H13Cl2NO3. The molecule has 0 atom stereocenters. The van der Waals surface area contributed by atoms with Crippen LogP contribution < -0.4 is 0 Å². The number of nitrogens with zero attached hydrogens (tertiary/aromatic N) is 1. The number of carbonyl (C=O) groups is 2. The molecule has 2 rings (SSSR count). The highest BCUT2D eigenvalue weighted by Crippen LogP contribution is 2.32. The van der Waals surface area contributed by atoms with Crippen LogP contribution in [-0.4, -0.2) is 23.4 Å². The summed E-state index contributed by atoms with van der Waals surface area (Å²) in [5.74, 6) is -0.967. The molecule has 21 heavy (non-hydrogen) atoms. The monoisotopic (exact) mass is 325 g/mol. The number of esters is 1. The van der Waals surface area contributed by atoms with Crippen molar-refractivity contribution in [1.82, 2.24) is 4.90 Å². The highest BCUT2D eigenvalue weighted by molar-refractivity contribution is 6.56. The maximum atomic E-state index is 12.1. The van der Waals surface area contributed by atoms with Crippen molar-refractivity contribution in [3.63, 3.8) is 0 Å². The summed E-state index contributed by atoms with van der Waals surface area (Å²) in [7, 11) is 0. The molecule has 0 fully saturated rings. The Bertz CT molecular complexity index is 619. The van der Waals surface area contributed by atoms with E-state index >= 15 is 0 Å². The van der Waals surface area contributed by atoms with Crippen LogP contribution in [0.3, 0.4) is 0 Å². The lowest BCUT2D eigenvalue weighted by molar-refractivity contribution is -0.138. The molecule has 1 heterocycles. The van der Waals surface area contributed by atoms with E-state index in [-0.39, 0.29) is 34.8 Å². The number of hydrogen-bond donors (Lipinski definition) is 0. The molecule has 0 spiro atoms. The van der Waals surface area contributed by atoms with Crippen LogP contribution in [0.15, 0.2) is 52.2 Å². The molecule has 6 heteroatoms. The Balaban J connectivity index is 2.30. The van der Waals surface area contributed by atoms with Crippen molar-refractivity contribution in [2.75, 3.05) is 6.61 Å².